The molecule has 5 rings (SSSR count). The summed E-state index contributed by atoms with van der Waals surface area (Å²) in [5.41, 5.74) is 0.526. The molecule has 1 aromatic carbocycles. The van der Waals surface area contributed by atoms with Crippen molar-refractivity contribution in [2.75, 3.05) is 32.7 Å². The molecule has 4 aliphatic rings. The highest BCUT2D eigenvalue weighted by atomic mass is 16.5. The van der Waals surface area contributed by atoms with Gasteiger partial charge in [-0.25, -0.2) is 0 Å². The number of amides is 4. The average molecular weight is 455 g/mol. The summed E-state index contributed by atoms with van der Waals surface area (Å²) >= 11 is 0. The molecule has 0 radical (unpaired) electrons. The van der Waals surface area contributed by atoms with Gasteiger partial charge in [0.2, 0.25) is 11.8 Å². The quantitative estimate of drug-likeness (QED) is 0.638. The number of nitrogens with one attached hydrogen (secondary N) is 2. The summed E-state index contributed by atoms with van der Waals surface area (Å²) in [4.78, 5) is 53.0. The average Bonchev–Trinajstić information content (AvgIpc) is 3.05. The third-order valence-electron chi connectivity index (χ3n) is 7.15. The molecule has 0 saturated carbocycles. The van der Waals surface area contributed by atoms with Crippen LogP contribution in [-0.4, -0.2) is 78.3 Å². The van der Waals surface area contributed by atoms with Crippen LogP contribution in [0.15, 0.2) is 18.2 Å². The summed E-state index contributed by atoms with van der Waals surface area (Å²) in [5, 5.41) is 5.63. The number of piperidine rings is 3. The lowest BCUT2D eigenvalue weighted by atomic mass is 9.96. The second kappa shape index (κ2) is 9.23. The first-order chi connectivity index (χ1) is 16.0. The minimum Gasteiger partial charge on any atom is -0.489 e. The van der Waals surface area contributed by atoms with E-state index in [-0.39, 0.29) is 36.0 Å². The van der Waals surface area contributed by atoms with E-state index in [9.17, 15) is 19.2 Å². The summed E-state index contributed by atoms with van der Waals surface area (Å²) in [5.74, 6) is -0.702. The van der Waals surface area contributed by atoms with Gasteiger partial charge in [-0.1, -0.05) is 0 Å². The van der Waals surface area contributed by atoms with E-state index in [2.05, 4.69) is 15.5 Å². The van der Waals surface area contributed by atoms with Crippen LogP contribution in [0.25, 0.3) is 0 Å². The molecule has 4 amide bonds. The monoisotopic (exact) mass is 454 g/mol. The predicted octanol–water partition coefficient (Wildman–Crippen LogP) is 0.931. The zero-order chi connectivity index (χ0) is 22.9. The van der Waals surface area contributed by atoms with Gasteiger partial charge in [0.05, 0.1) is 11.1 Å². The zero-order valence-corrected chi connectivity index (χ0v) is 18.7. The van der Waals surface area contributed by atoms with Gasteiger partial charge in [-0.15, -0.1) is 0 Å². The van der Waals surface area contributed by atoms with Crippen LogP contribution in [0, 0.1) is 5.92 Å². The molecule has 3 saturated heterocycles. The molecule has 1 aromatic rings. The Kier molecular flexibility index (Phi) is 6.16. The lowest BCUT2D eigenvalue weighted by Crippen LogP contribution is -2.54. The Hall–Kier alpha value is -2.78. The van der Waals surface area contributed by atoms with Crippen LogP contribution in [-0.2, 0) is 9.59 Å². The molecule has 2 atom stereocenters. The maximum atomic E-state index is 13.0. The number of nitrogens with zero attached hydrogens (tertiary/aromatic N) is 2. The fourth-order valence-electron chi connectivity index (χ4n) is 5.42. The van der Waals surface area contributed by atoms with Crippen molar-refractivity contribution in [2.24, 2.45) is 5.92 Å². The normalized spacial score (nSPS) is 27.0. The van der Waals surface area contributed by atoms with Crippen LogP contribution >= 0.6 is 0 Å². The van der Waals surface area contributed by atoms with Gasteiger partial charge in [-0.3, -0.25) is 34.3 Å². The Bertz CT molecular complexity index is 974. The van der Waals surface area contributed by atoms with Crippen LogP contribution in [0.2, 0.25) is 0 Å². The SMILES string of the molecule is O=C1CCC(N2C(=O)c3ccc(OC4CCCN(CC5CCNCC5)C4)cc3C2=O)C(=O)N1. The number of likely N-dealkylation sites (tertiary alicyclic amines) is 1. The number of benzene rings is 1. The number of rotatable bonds is 5. The minimum atomic E-state index is -0.957. The van der Waals surface area contributed by atoms with Crippen molar-refractivity contribution >= 4 is 23.6 Å². The summed E-state index contributed by atoms with van der Waals surface area (Å²) in [7, 11) is 0. The van der Waals surface area contributed by atoms with Crippen molar-refractivity contribution in [2.45, 2.75) is 50.7 Å². The van der Waals surface area contributed by atoms with E-state index in [0.717, 1.165) is 56.4 Å². The van der Waals surface area contributed by atoms with Crippen molar-refractivity contribution in [3.63, 3.8) is 0 Å². The Morgan fingerprint density at radius 2 is 1.76 bits per heavy atom. The fraction of sp³-hybridized carbons (Fsp3) is 0.583. The van der Waals surface area contributed by atoms with Gasteiger partial charge < -0.3 is 10.1 Å². The first kappa shape index (κ1) is 22.0. The molecule has 9 nitrogen and oxygen atoms in total. The van der Waals surface area contributed by atoms with E-state index < -0.39 is 23.8 Å². The number of hydrogen-bond acceptors (Lipinski definition) is 7. The number of fused-ring (bicyclic) bond motifs is 1. The Balaban J connectivity index is 1.24. The van der Waals surface area contributed by atoms with Crippen LogP contribution < -0.4 is 15.4 Å². The number of hydrogen-bond donors (Lipinski definition) is 2. The molecular formula is C24H30N4O5. The lowest BCUT2D eigenvalue weighted by molar-refractivity contribution is -0.136. The standard InChI is InChI=1S/C24H30N4O5/c29-21-6-5-20(22(30)26-21)28-23(31)18-4-3-16(12-19(18)24(28)32)33-17-2-1-11-27(14-17)13-15-7-9-25-10-8-15/h3-4,12,15,17,20,25H,1-2,5-11,13-14H2,(H,26,29,30). The van der Waals surface area contributed by atoms with E-state index in [1.54, 1.807) is 18.2 Å². The summed E-state index contributed by atoms with van der Waals surface area (Å²) in [6.45, 7) is 5.23. The molecule has 0 aliphatic carbocycles. The number of carbonyl (C=O) groups is 4. The zero-order valence-electron chi connectivity index (χ0n) is 18.7. The van der Waals surface area contributed by atoms with Crippen LogP contribution in [0.3, 0.4) is 0 Å². The van der Waals surface area contributed by atoms with Crippen molar-refractivity contribution < 1.29 is 23.9 Å². The molecule has 33 heavy (non-hydrogen) atoms. The van der Waals surface area contributed by atoms with Crippen molar-refractivity contribution in [3.05, 3.63) is 29.3 Å². The molecule has 4 heterocycles. The number of ether oxygens (including phenoxy) is 1. The highest BCUT2D eigenvalue weighted by Crippen LogP contribution is 2.31. The first-order valence-corrected chi connectivity index (χ1v) is 11.9. The van der Waals surface area contributed by atoms with E-state index in [4.69, 9.17) is 4.74 Å². The van der Waals surface area contributed by atoms with Crippen molar-refractivity contribution in [3.8, 4) is 5.75 Å². The van der Waals surface area contributed by atoms with Gasteiger partial charge in [0, 0.05) is 19.5 Å². The smallest absolute Gasteiger partial charge is 0.262 e. The molecule has 2 unspecified atom stereocenters. The molecule has 4 aliphatic heterocycles. The highest BCUT2D eigenvalue weighted by molar-refractivity contribution is 6.23. The van der Waals surface area contributed by atoms with Crippen LogP contribution in [0.5, 0.6) is 5.75 Å². The van der Waals surface area contributed by atoms with Gasteiger partial charge in [0.25, 0.3) is 11.8 Å². The molecule has 0 aromatic heterocycles. The molecule has 176 valence electrons. The Labute approximate surface area is 192 Å². The van der Waals surface area contributed by atoms with Crippen molar-refractivity contribution in [1.29, 1.82) is 0 Å². The lowest BCUT2D eigenvalue weighted by Gasteiger charge is -2.36. The molecule has 9 heteroatoms. The van der Waals surface area contributed by atoms with Crippen LogP contribution in [0.1, 0.15) is 59.2 Å². The van der Waals surface area contributed by atoms with Crippen molar-refractivity contribution in [1.82, 2.24) is 20.4 Å². The van der Waals surface area contributed by atoms with E-state index >= 15 is 0 Å². The van der Waals surface area contributed by atoms with Gasteiger partial charge in [-0.05, 0) is 75.9 Å². The van der Waals surface area contributed by atoms with E-state index in [1.807, 2.05) is 0 Å². The molecular weight excluding hydrogens is 424 g/mol. The van der Waals surface area contributed by atoms with E-state index in [1.165, 1.54) is 12.8 Å². The topological polar surface area (TPSA) is 108 Å². The Morgan fingerprint density at radius 1 is 0.970 bits per heavy atom. The minimum absolute atomic E-state index is 0.0389. The third kappa shape index (κ3) is 4.52. The van der Waals surface area contributed by atoms with Gasteiger partial charge in [-0.2, -0.15) is 0 Å². The van der Waals surface area contributed by atoms with Gasteiger partial charge in [0.1, 0.15) is 17.9 Å². The fourth-order valence-corrected chi connectivity index (χ4v) is 5.42. The first-order valence-electron chi connectivity index (χ1n) is 11.9. The van der Waals surface area contributed by atoms with Gasteiger partial charge in [0.15, 0.2) is 0 Å². The maximum Gasteiger partial charge on any atom is 0.262 e. The maximum absolute atomic E-state index is 13.0. The largest absolute Gasteiger partial charge is 0.489 e. The summed E-state index contributed by atoms with van der Waals surface area (Å²) in [6.07, 6.45) is 4.75. The molecule has 0 bridgehead atoms. The molecule has 3 fully saturated rings. The predicted molar refractivity (Wildman–Crippen MR) is 119 cm³/mol. The summed E-state index contributed by atoms with van der Waals surface area (Å²) < 4.78 is 6.24. The second-order valence-corrected chi connectivity index (χ2v) is 9.49. The number of carbonyl (C=O) groups excluding carboxylic acids is 4. The highest BCUT2D eigenvalue weighted by Gasteiger charge is 2.44. The Morgan fingerprint density at radius 3 is 2.55 bits per heavy atom. The van der Waals surface area contributed by atoms with Crippen LogP contribution in [0.4, 0.5) is 0 Å². The third-order valence-corrected chi connectivity index (χ3v) is 7.15. The second-order valence-electron chi connectivity index (χ2n) is 9.49. The molecule has 2 N–H and O–H groups in total. The molecule has 0 spiro atoms. The number of imide groups is 2. The summed E-state index contributed by atoms with van der Waals surface area (Å²) in [6, 6.07) is 3.99. The van der Waals surface area contributed by atoms with Gasteiger partial charge >= 0.3 is 0 Å². The van der Waals surface area contributed by atoms with E-state index in [0.29, 0.717) is 5.75 Å².